The number of amides is 2. The number of anilines is 2. The Labute approximate surface area is 145 Å². The molecule has 8 heteroatoms. The topological polar surface area (TPSA) is 94.5 Å². The van der Waals surface area contributed by atoms with E-state index in [1.165, 1.54) is 7.11 Å². The van der Waals surface area contributed by atoms with E-state index in [1.807, 2.05) is 13.0 Å². The highest BCUT2D eigenvalue weighted by Gasteiger charge is 2.29. The van der Waals surface area contributed by atoms with Crippen LogP contribution in [0.5, 0.6) is 11.5 Å². The van der Waals surface area contributed by atoms with Crippen molar-refractivity contribution in [3.05, 3.63) is 29.8 Å². The van der Waals surface area contributed by atoms with Gasteiger partial charge >= 0.3 is 0 Å². The summed E-state index contributed by atoms with van der Waals surface area (Å²) in [6, 6.07) is 7.11. The number of fused-ring (bicyclic) bond motifs is 1. The highest BCUT2D eigenvalue weighted by molar-refractivity contribution is 5.97. The summed E-state index contributed by atoms with van der Waals surface area (Å²) in [7, 11) is 3.26. The first kappa shape index (κ1) is 16.8. The number of rotatable bonds is 5. The van der Waals surface area contributed by atoms with Crippen LogP contribution in [0.15, 0.2) is 24.3 Å². The summed E-state index contributed by atoms with van der Waals surface area (Å²) >= 11 is 0. The standard InChI is InChI=1S/C17H20N4O4/c1-10-8-13(22)19-17-15(10)16(20-21(17)2)18-14(23)9-25-12-7-5-4-6-11(12)24-3/h4-7,10H,8-9H2,1-3H3,(H,19,22)(H,18,20,23)/t10-/m1/s1. The van der Waals surface area contributed by atoms with Crippen LogP contribution in [-0.2, 0) is 16.6 Å². The molecule has 8 nitrogen and oxygen atoms in total. The Morgan fingerprint density at radius 3 is 2.84 bits per heavy atom. The van der Waals surface area contributed by atoms with Crippen molar-refractivity contribution in [2.45, 2.75) is 19.3 Å². The van der Waals surface area contributed by atoms with Crippen molar-refractivity contribution in [1.82, 2.24) is 9.78 Å². The molecule has 2 N–H and O–H groups in total. The van der Waals surface area contributed by atoms with E-state index >= 15 is 0 Å². The minimum absolute atomic E-state index is 0.0251. The summed E-state index contributed by atoms with van der Waals surface area (Å²) < 4.78 is 12.3. The monoisotopic (exact) mass is 344 g/mol. The van der Waals surface area contributed by atoms with Crippen LogP contribution in [0.3, 0.4) is 0 Å². The van der Waals surface area contributed by atoms with Crippen LogP contribution >= 0.6 is 0 Å². The smallest absolute Gasteiger partial charge is 0.263 e. The van der Waals surface area contributed by atoms with Crippen molar-refractivity contribution in [2.24, 2.45) is 7.05 Å². The number of hydrogen-bond acceptors (Lipinski definition) is 5. The second-order valence-electron chi connectivity index (χ2n) is 5.88. The minimum Gasteiger partial charge on any atom is -0.493 e. The van der Waals surface area contributed by atoms with Crippen molar-refractivity contribution < 1.29 is 19.1 Å². The predicted octanol–water partition coefficient (Wildman–Crippen LogP) is 1.89. The fraction of sp³-hybridized carbons (Fsp3) is 0.353. The Balaban J connectivity index is 1.70. The highest BCUT2D eigenvalue weighted by atomic mass is 16.5. The van der Waals surface area contributed by atoms with Gasteiger partial charge in [-0.3, -0.25) is 14.3 Å². The third-order valence-electron chi connectivity index (χ3n) is 4.01. The van der Waals surface area contributed by atoms with Crippen LogP contribution in [-0.4, -0.2) is 35.3 Å². The first-order chi connectivity index (χ1) is 12.0. The molecule has 1 aromatic carbocycles. The summed E-state index contributed by atoms with van der Waals surface area (Å²) in [6.45, 7) is 1.76. The van der Waals surface area contributed by atoms with E-state index in [4.69, 9.17) is 9.47 Å². The molecular formula is C17H20N4O4. The lowest BCUT2D eigenvalue weighted by Gasteiger charge is -2.20. The maximum Gasteiger partial charge on any atom is 0.263 e. The number of nitrogens with zero attached hydrogens (tertiary/aromatic N) is 2. The minimum atomic E-state index is -0.337. The zero-order chi connectivity index (χ0) is 18.0. The van der Waals surface area contributed by atoms with Gasteiger partial charge in [-0.05, 0) is 18.1 Å². The first-order valence-electron chi connectivity index (χ1n) is 7.92. The van der Waals surface area contributed by atoms with Gasteiger partial charge in [-0.1, -0.05) is 19.1 Å². The molecule has 1 aromatic heterocycles. The molecule has 25 heavy (non-hydrogen) atoms. The normalized spacial score (nSPS) is 16.0. The molecule has 0 radical (unpaired) electrons. The number of hydrogen-bond donors (Lipinski definition) is 2. The molecule has 0 unspecified atom stereocenters. The molecule has 0 aliphatic carbocycles. The molecule has 1 atom stereocenters. The maximum absolute atomic E-state index is 12.2. The van der Waals surface area contributed by atoms with Crippen molar-refractivity contribution in [1.29, 1.82) is 0 Å². The van der Waals surface area contributed by atoms with Gasteiger partial charge in [0.05, 0.1) is 7.11 Å². The Kier molecular flexibility index (Phi) is 4.60. The van der Waals surface area contributed by atoms with Crippen molar-refractivity contribution in [2.75, 3.05) is 24.4 Å². The lowest BCUT2D eigenvalue weighted by Crippen LogP contribution is -2.24. The van der Waals surface area contributed by atoms with Crippen LogP contribution in [0, 0.1) is 0 Å². The van der Waals surface area contributed by atoms with Crippen molar-refractivity contribution in [3.8, 4) is 11.5 Å². The Hall–Kier alpha value is -3.03. The third kappa shape index (κ3) is 3.42. The number of aryl methyl sites for hydroxylation is 1. The van der Waals surface area contributed by atoms with E-state index in [1.54, 1.807) is 29.9 Å². The number of carbonyl (C=O) groups excluding carboxylic acids is 2. The molecule has 132 valence electrons. The molecule has 0 spiro atoms. The molecule has 1 aliphatic rings. The van der Waals surface area contributed by atoms with Gasteiger partial charge < -0.3 is 20.1 Å². The van der Waals surface area contributed by atoms with E-state index in [-0.39, 0.29) is 24.3 Å². The molecule has 0 saturated heterocycles. The average Bonchev–Trinajstić information content (AvgIpc) is 2.89. The number of carbonyl (C=O) groups is 2. The number of ether oxygens (including phenoxy) is 2. The van der Waals surface area contributed by atoms with Gasteiger partial charge in [-0.25, -0.2) is 0 Å². The molecule has 1 aliphatic heterocycles. The summed E-state index contributed by atoms with van der Waals surface area (Å²) in [5, 5.41) is 9.84. The van der Waals surface area contributed by atoms with Gasteiger partial charge in [0.1, 0.15) is 5.82 Å². The molecule has 2 amide bonds. The summed E-state index contributed by atoms with van der Waals surface area (Å²) in [5.74, 6) is 1.69. The zero-order valence-corrected chi connectivity index (χ0v) is 14.3. The van der Waals surface area contributed by atoms with Crippen LogP contribution in [0.4, 0.5) is 11.6 Å². The summed E-state index contributed by atoms with van der Waals surface area (Å²) in [5.41, 5.74) is 0.827. The number of methoxy groups -OCH3 is 1. The second kappa shape index (κ2) is 6.84. The fourth-order valence-electron chi connectivity index (χ4n) is 2.86. The van der Waals surface area contributed by atoms with Gasteiger partial charge in [0.25, 0.3) is 5.91 Å². The Morgan fingerprint density at radius 2 is 2.12 bits per heavy atom. The van der Waals surface area contributed by atoms with Gasteiger partial charge in [0.15, 0.2) is 23.9 Å². The molecule has 2 heterocycles. The summed E-state index contributed by atoms with van der Waals surface area (Å²) in [6.07, 6.45) is 0.360. The van der Waals surface area contributed by atoms with E-state index in [2.05, 4.69) is 15.7 Å². The van der Waals surface area contributed by atoms with Gasteiger partial charge in [-0.15, -0.1) is 0 Å². The summed E-state index contributed by atoms with van der Waals surface area (Å²) in [4.78, 5) is 23.9. The van der Waals surface area contributed by atoms with Crippen LogP contribution < -0.4 is 20.1 Å². The van der Waals surface area contributed by atoms with Gasteiger partial charge in [0, 0.05) is 19.0 Å². The lowest BCUT2D eigenvalue weighted by atomic mass is 9.95. The zero-order valence-electron chi connectivity index (χ0n) is 14.3. The molecule has 0 bridgehead atoms. The maximum atomic E-state index is 12.2. The fourth-order valence-corrected chi connectivity index (χ4v) is 2.86. The van der Waals surface area contributed by atoms with Crippen LogP contribution in [0.25, 0.3) is 0 Å². The van der Waals surface area contributed by atoms with E-state index in [9.17, 15) is 9.59 Å². The van der Waals surface area contributed by atoms with E-state index in [0.717, 1.165) is 5.56 Å². The average molecular weight is 344 g/mol. The van der Waals surface area contributed by atoms with E-state index < -0.39 is 0 Å². The lowest BCUT2D eigenvalue weighted by molar-refractivity contribution is -0.118. The Bertz CT molecular complexity index is 815. The number of para-hydroxylation sites is 2. The van der Waals surface area contributed by atoms with Gasteiger partial charge in [-0.2, -0.15) is 5.10 Å². The molecule has 3 rings (SSSR count). The van der Waals surface area contributed by atoms with Crippen LogP contribution in [0.1, 0.15) is 24.8 Å². The highest BCUT2D eigenvalue weighted by Crippen LogP contribution is 2.36. The second-order valence-corrected chi connectivity index (χ2v) is 5.88. The van der Waals surface area contributed by atoms with Crippen LogP contribution in [0.2, 0.25) is 0 Å². The quantitative estimate of drug-likeness (QED) is 0.864. The van der Waals surface area contributed by atoms with Crippen molar-refractivity contribution in [3.63, 3.8) is 0 Å². The van der Waals surface area contributed by atoms with Crippen molar-refractivity contribution >= 4 is 23.5 Å². The number of aromatic nitrogens is 2. The predicted molar refractivity (Wildman–Crippen MR) is 92.0 cm³/mol. The molecule has 0 saturated carbocycles. The van der Waals surface area contributed by atoms with Gasteiger partial charge in [0.2, 0.25) is 5.91 Å². The Morgan fingerprint density at radius 1 is 1.40 bits per heavy atom. The number of benzene rings is 1. The third-order valence-corrected chi connectivity index (χ3v) is 4.01. The molecule has 0 fully saturated rings. The number of nitrogens with one attached hydrogen (secondary N) is 2. The van der Waals surface area contributed by atoms with E-state index in [0.29, 0.717) is 29.6 Å². The SMILES string of the molecule is COc1ccccc1OCC(=O)Nc1nn(C)c2c1[C@H](C)CC(=O)N2. The molecular weight excluding hydrogens is 324 g/mol. The first-order valence-corrected chi connectivity index (χ1v) is 7.92. The molecule has 2 aromatic rings. The largest absolute Gasteiger partial charge is 0.493 e.